The zero-order valence-electron chi connectivity index (χ0n) is 11.9. The molecule has 0 fully saturated rings. The lowest BCUT2D eigenvalue weighted by Crippen LogP contribution is -2.50. The average molecular weight is 401 g/mol. The predicted octanol–water partition coefficient (Wildman–Crippen LogP) is 2.68. The van der Waals surface area contributed by atoms with Crippen LogP contribution in [-0.2, 0) is 4.79 Å². The first-order chi connectivity index (χ1) is 9.81. The topological polar surface area (TPSA) is 58.4 Å². The van der Waals surface area contributed by atoms with Gasteiger partial charge in [0.15, 0.2) is 0 Å². The zero-order valence-corrected chi connectivity index (χ0v) is 14.0. The van der Waals surface area contributed by atoms with E-state index >= 15 is 0 Å². The highest BCUT2D eigenvalue weighted by atomic mass is 127. The van der Waals surface area contributed by atoms with E-state index < -0.39 is 18.0 Å². The lowest BCUT2D eigenvalue weighted by molar-refractivity contribution is -0.121. The molecule has 3 N–H and O–H groups in total. The Balaban J connectivity index is 2.35. The Bertz CT molecular complexity index is 629. The number of allylic oxidation sites excluding steroid dienone is 1. The number of nitrogens with one attached hydrogen (secondary N) is 1. The molecule has 0 saturated heterocycles. The molecule has 0 radical (unpaired) electrons. The number of carbonyl (C=O) groups is 1. The molecule has 2 rings (SSSR count). The fourth-order valence-corrected chi connectivity index (χ4v) is 2.79. The quantitative estimate of drug-likeness (QED) is 0.766. The first-order valence-corrected chi connectivity index (χ1v) is 7.50. The Hall–Kier alpha value is -1.57. The van der Waals surface area contributed by atoms with Crippen LogP contribution in [0.4, 0.5) is 10.1 Å². The second kappa shape index (κ2) is 6.05. The number of halogens is 2. The van der Waals surface area contributed by atoms with Gasteiger partial charge in [0.2, 0.25) is 5.91 Å². The summed E-state index contributed by atoms with van der Waals surface area (Å²) >= 11 is 2.04. The average Bonchev–Trinajstić information content (AvgIpc) is 2.41. The number of anilines is 1. The summed E-state index contributed by atoms with van der Waals surface area (Å²) in [6.45, 7) is 5.84. The molecule has 6 heteroatoms. The van der Waals surface area contributed by atoms with Gasteiger partial charge in [-0.15, -0.1) is 0 Å². The number of benzene rings is 1. The van der Waals surface area contributed by atoms with Gasteiger partial charge in [-0.05, 0) is 53.3 Å². The Morgan fingerprint density at radius 1 is 1.52 bits per heavy atom. The Kier molecular flexibility index (Phi) is 4.55. The normalized spacial score (nSPS) is 22.0. The number of rotatable bonds is 3. The molecule has 0 saturated carbocycles. The number of likely N-dealkylation sites (N-methyl/N-ethyl adjacent to an activating group) is 1. The van der Waals surface area contributed by atoms with E-state index in [-0.39, 0.29) is 5.82 Å². The summed E-state index contributed by atoms with van der Waals surface area (Å²) in [7, 11) is 1.80. The first-order valence-electron chi connectivity index (χ1n) is 6.42. The fraction of sp³-hybridized carbons (Fsp3) is 0.267. The second-order valence-corrected chi connectivity index (χ2v) is 6.29. The van der Waals surface area contributed by atoms with E-state index in [0.717, 1.165) is 14.8 Å². The number of hydrogen-bond donors (Lipinski definition) is 2. The summed E-state index contributed by atoms with van der Waals surface area (Å²) in [5.74, 6) is -1.38. The highest BCUT2D eigenvalue weighted by molar-refractivity contribution is 14.1. The molecule has 4 nitrogen and oxygen atoms in total. The molecule has 1 aromatic rings. The minimum absolute atomic E-state index is 0.333. The van der Waals surface area contributed by atoms with Crippen LogP contribution < -0.4 is 11.1 Å². The summed E-state index contributed by atoms with van der Waals surface area (Å²) in [6, 6.07) is 4.88. The summed E-state index contributed by atoms with van der Waals surface area (Å²) in [5.41, 5.74) is 7.47. The van der Waals surface area contributed by atoms with Crippen molar-refractivity contribution >= 4 is 34.2 Å². The highest BCUT2D eigenvalue weighted by Crippen LogP contribution is 2.29. The molecule has 21 heavy (non-hydrogen) atoms. The zero-order chi connectivity index (χ0) is 15.7. The van der Waals surface area contributed by atoms with Crippen molar-refractivity contribution in [3.05, 3.63) is 51.5 Å². The molecular weight excluding hydrogens is 384 g/mol. The standard InChI is InChI=1S/C15H17FIN3O/c1-8-6-11(14(18)21)15(20(3)9(8)2)19-13-5-4-10(17)7-12(13)16/h4-7,11,15,19H,2H2,1,3H3,(H2,18,21). The van der Waals surface area contributed by atoms with Crippen LogP contribution in [-0.4, -0.2) is 24.0 Å². The third kappa shape index (κ3) is 3.20. The largest absolute Gasteiger partial charge is 0.369 e. The number of carbonyl (C=O) groups excluding carboxylic acids is 1. The summed E-state index contributed by atoms with van der Waals surface area (Å²) in [5, 5.41) is 3.05. The second-order valence-electron chi connectivity index (χ2n) is 5.05. The number of nitrogens with zero attached hydrogens (tertiary/aromatic N) is 1. The smallest absolute Gasteiger partial charge is 0.228 e. The molecule has 1 heterocycles. The van der Waals surface area contributed by atoms with Gasteiger partial charge in [0.25, 0.3) is 0 Å². The highest BCUT2D eigenvalue weighted by Gasteiger charge is 2.33. The van der Waals surface area contributed by atoms with Crippen molar-refractivity contribution in [3.8, 4) is 0 Å². The van der Waals surface area contributed by atoms with Crippen LogP contribution >= 0.6 is 22.6 Å². The van der Waals surface area contributed by atoms with Gasteiger partial charge in [-0.25, -0.2) is 4.39 Å². The van der Waals surface area contributed by atoms with Gasteiger partial charge < -0.3 is 16.0 Å². The van der Waals surface area contributed by atoms with Crippen molar-refractivity contribution in [2.24, 2.45) is 11.7 Å². The van der Waals surface area contributed by atoms with Gasteiger partial charge in [0.1, 0.15) is 12.0 Å². The lowest BCUT2D eigenvalue weighted by atomic mass is 9.94. The molecule has 1 aromatic carbocycles. The third-order valence-electron chi connectivity index (χ3n) is 3.63. The van der Waals surface area contributed by atoms with E-state index in [2.05, 4.69) is 11.9 Å². The van der Waals surface area contributed by atoms with E-state index in [1.807, 2.05) is 34.4 Å². The van der Waals surface area contributed by atoms with Crippen molar-refractivity contribution in [2.75, 3.05) is 12.4 Å². The van der Waals surface area contributed by atoms with E-state index in [1.54, 1.807) is 25.3 Å². The SMILES string of the molecule is C=C1C(C)=CC(C(N)=O)C(Nc2ccc(I)cc2F)N1C. The van der Waals surface area contributed by atoms with E-state index in [4.69, 9.17) is 5.73 Å². The van der Waals surface area contributed by atoms with Crippen molar-refractivity contribution in [2.45, 2.75) is 13.1 Å². The molecule has 112 valence electrons. The summed E-state index contributed by atoms with van der Waals surface area (Å²) in [4.78, 5) is 13.5. The minimum atomic E-state index is -0.556. The Morgan fingerprint density at radius 2 is 2.19 bits per heavy atom. The Morgan fingerprint density at radius 3 is 2.76 bits per heavy atom. The van der Waals surface area contributed by atoms with E-state index in [9.17, 15) is 9.18 Å². The van der Waals surface area contributed by atoms with Crippen LogP contribution in [0.25, 0.3) is 0 Å². The third-order valence-corrected chi connectivity index (χ3v) is 4.30. The van der Waals surface area contributed by atoms with Gasteiger partial charge in [-0.1, -0.05) is 12.7 Å². The number of amides is 1. The van der Waals surface area contributed by atoms with Crippen molar-refractivity contribution in [1.29, 1.82) is 0 Å². The Labute approximate surface area is 137 Å². The van der Waals surface area contributed by atoms with Crippen LogP contribution in [0.1, 0.15) is 6.92 Å². The van der Waals surface area contributed by atoms with Gasteiger partial charge in [0, 0.05) is 16.3 Å². The molecule has 0 spiro atoms. The first kappa shape index (κ1) is 15.8. The molecule has 0 bridgehead atoms. The van der Waals surface area contributed by atoms with Crippen LogP contribution in [0, 0.1) is 15.3 Å². The molecule has 1 amide bonds. The fourth-order valence-electron chi connectivity index (χ4n) is 2.33. The van der Waals surface area contributed by atoms with Crippen LogP contribution in [0.15, 0.2) is 42.1 Å². The molecule has 2 unspecified atom stereocenters. The minimum Gasteiger partial charge on any atom is -0.369 e. The summed E-state index contributed by atoms with van der Waals surface area (Å²) in [6.07, 6.45) is 1.31. The molecular formula is C15H17FIN3O. The molecule has 1 aliphatic heterocycles. The van der Waals surface area contributed by atoms with Crippen LogP contribution in [0.2, 0.25) is 0 Å². The number of hydrogen-bond acceptors (Lipinski definition) is 3. The maximum absolute atomic E-state index is 14.0. The predicted molar refractivity (Wildman–Crippen MR) is 89.9 cm³/mol. The van der Waals surface area contributed by atoms with Crippen LogP contribution in [0.5, 0.6) is 0 Å². The summed E-state index contributed by atoms with van der Waals surface area (Å²) < 4.78 is 14.8. The van der Waals surface area contributed by atoms with Gasteiger partial charge in [-0.2, -0.15) is 0 Å². The van der Waals surface area contributed by atoms with Crippen molar-refractivity contribution in [1.82, 2.24) is 4.90 Å². The van der Waals surface area contributed by atoms with Crippen molar-refractivity contribution in [3.63, 3.8) is 0 Å². The molecule has 0 aromatic heterocycles. The van der Waals surface area contributed by atoms with Crippen LogP contribution in [0.3, 0.4) is 0 Å². The lowest BCUT2D eigenvalue weighted by Gasteiger charge is -2.40. The van der Waals surface area contributed by atoms with Gasteiger partial charge >= 0.3 is 0 Å². The monoisotopic (exact) mass is 401 g/mol. The van der Waals surface area contributed by atoms with Gasteiger partial charge in [-0.3, -0.25) is 4.79 Å². The maximum atomic E-state index is 14.0. The van der Waals surface area contributed by atoms with E-state index in [0.29, 0.717) is 5.69 Å². The van der Waals surface area contributed by atoms with E-state index in [1.165, 1.54) is 6.07 Å². The van der Waals surface area contributed by atoms with Crippen molar-refractivity contribution < 1.29 is 9.18 Å². The van der Waals surface area contributed by atoms with Gasteiger partial charge in [0.05, 0.1) is 11.6 Å². The molecule has 0 aliphatic carbocycles. The molecule has 2 atom stereocenters. The number of primary amides is 1. The molecule has 1 aliphatic rings. The number of nitrogens with two attached hydrogens (primary N) is 1. The maximum Gasteiger partial charge on any atom is 0.228 e.